The third kappa shape index (κ3) is 13.0. The summed E-state index contributed by atoms with van der Waals surface area (Å²) in [6, 6.07) is 0. The Morgan fingerprint density at radius 3 is 1.31 bits per heavy atom. The summed E-state index contributed by atoms with van der Waals surface area (Å²) < 4.78 is 22.7. The Hall–Kier alpha value is -1.72. The summed E-state index contributed by atoms with van der Waals surface area (Å²) in [6.45, 7) is 17.0. The van der Waals surface area contributed by atoms with Gasteiger partial charge in [-0.3, -0.25) is 0 Å². The van der Waals surface area contributed by atoms with Crippen LogP contribution in [0.15, 0.2) is 0 Å². The van der Waals surface area contributed by atoms with E-state index in [0.717, 1.165) is 65.2 Å². The second-order valence-electron chi connectivity index (χ2n) is 7.83. The van der Waals surface area contributed by atoms with Crippen LogP contribution in [0.3, 0.4) is 0 Å². The number of nitrogens with one attached hydrogen (secondary N) is 3. The van der Waals surface area contributed by atoms with Gasteiger partial charge in [-0.2, -0.15) is 15.0 Å². The van der Waals surface area contributed by atoms with Gasteiger partial charge in [-0.15, -0.1) is 0 Å². The van der Waals surface area contributed by atoms with E-state index in [9.17, 15) is 8.42 Å². The van der Waals surface area contributed by atoms with Gasteiger partial charge in [0.25, 0.3) is 0 Å². The molecule has 186 valence electrons. The zero-order chi connectivity index (χ0) is 23.8. The zero-order valence-electron chi connectivity index (χ0n) is 20.7. The van der Waals surface area contributed by atoms with Crippen LogP contribution >= 0.6 is 0 Å². The molecule has 0 aromatic carbocycles. The van der Waals surface area contributed by atoms with E-state index in [1.807, 2.05) is 0 Å². The quantitative estimate of drug-likeness (QED) is 0.258. The van der Waals surface area contributed by atoms with Crippen molar-refractivity contribution >= 4 is 27.7 Å². The predicted molar refractivity (Wildman–Crippen MR) is 134 cm³/mol. The first-order valence-corrected chi connectivity index (χ1v) is 14.0. The predicted octanol–water partition coefficient (Wildman–Crippen LogP) is 2.01. The molecule has 0 unspecified atom stereocenters. The summed E-state index contributed by atoms with van der Waals surface area (Å²) in [6.07, 6.45) is 3.74. The minimum atomic E-state index is -2.97. The Labute approximate surface area is 194 Å². The summed E-state index contributed by atoms with van der Waals surface area (Å²) in [5, 5.41) is 9.72. The van der Waals surface area contributed by atoms with Gasteiger partial charge in [0.2, 0.25) is 17.8 Å². The number of aromatic nitrogens is 3. The van der Waals surface area contributed by atoms with Crippen molar-refractivity contribution in [3.8, 4) is 0 Å². The van der Waals surface area contributed by atoms with E-state index in [4.69, 9.17) is 0 Å². The van der Waals surface area contributed by atoms with Crippen molar-refractivity contribution in [3.05, 3.63) is 0 Å². The molecule has 0 radical (unpaired) electrons. The first kappa shape index (κ1) is 28.3. The van der Waals surface area contributed by atoms with Crippen LogP contribution in [-0.4, -0.2) is 104 Å². The van der Waals surface area contributed by atoms with E-state index in [-0.39, 0.29) is 5.75 Å². The molecule has 0 aliphatic rings. The number of rotatable bonds is 19. The van der Waals surface area contributed by atoms with Crippen LogP contribution in [-0.2, 0) is 9.84 Å². The molecule has 0 fully saturated rings. The lowest BCUT2D eigenvalue weighted by Crippen LogP contribution is -2.26. The Morgan fingerprint density at radius 1 is 0.656 bits per heavy atom. The monoisotopic (exact) mass is 472 g/mol. The second-order valence-corrected chi connectivity index (χ2v) is 10.1. The maximum absolute atomic E-state index is 11.3. The van der Waals surface area contributed by atoms with Crippen molar-refractivity contribution in [2.24, 2.45) is 0 Å². The highest BCUT2D eigenvalue weighted by molar-refractivity contribution is 7.90. The Morgan fingerprint density at radius 2 is 1.00 bits per heavy atom. The van der Waals surface area contributed by atoms with Crippen molar-refractivity contribution in [1.29, 1.82) is 0 Å². The van der Waals surface area contributed by atoms with Gasteiger partial charge in [0.1, 0.15) is 9.84 Å². The van der Waals surface area contributed by atoms with Gasteiger partial charge in [0.05, 0.1) is 5.75 Å². The molecule has 32 heavy (non-hydrogen) atoms. The fraction of sp³-hybridized carbons (Fsp3) is 0.857. The number of hydrogen-bond acceptors (Lipinski definition) is 10. The molecule has 0 atom stereocenters. The fourth-order valence-corrected chi connectivity index (χ4v) is 3.90. The largest absolute Gasteiger partial charge is 0.354 e. The molecule has 10 nitrogen and oxygen atoms in total. The van der Waals surface area contributed by atoms with E-state index in [0.29, 0.717) is 30.8 Å². The molecule has 3 N–H and O–H groups in total. The molecule has 1 aromatic rings. The van der Waals surface area contributed by atoms with E-state index in [1.165, 1.54) is 6.26 Å². The lowest BCUT2D eigenvalue weighted by atomic mass is 10.3. The van der Waals surface area contributed by atoms with Crippen LogP contribution in [0, 0.1) is 0 Å². The number of nitrogens with zero attached hydrogens (tertiary/aromatic N) is 5. The summed E-state index contributed by atoms with van der Waals surface area (Å²) in [7, 11) is -2.97. The summed E-state index contributed by atoms with van der Waals surface area (Å²) in [4.78, 5) is 18.2. The standard InChI is InChI=1S/C21H44N8O2S/c1-6-28(7-2)16-10-13-22-19-25-20(23-14-11-17-29(8-3)9-4)27-21(26-19)24-15-12-18-32(5,30)31/h6-18H2,1-5H3,(H3,22,23,24,25,26,27). The van der Waals surface area contributed by atoms with Crippen LogP contribution < -0.4 is 16.0 Å². The van der Waals surface area contributed by atoms with E-state index in [2.05, 4.69) is 68.4 Å². The minimum Gasteiger partial charge on any atom is -0.354 e. The average Bonchev–Trinajstić information content (AvgIpc) is 2.76. The maximum atomic E-state index is 11.3. The first-order valence-electron chi connectivity index (χ1n) is 11.9. The maximum Gasteiger partial charge on any atom is 0.229 e. The molecule has 1 heterocycles. The first-order chi connectivity index (χ1) is 15.3. The topological polar surface area (TPSA) is 115 Å². The number of anilines is 3. The highest BCUT2D eigenvalue weighted by Crippen LogP contribution is 2.10. The molecule has 0 aliphatic carbocycles. The average molecular weight is 473 g/mol. The van der Waals surface area contributed by atoms with Crippen molar-refractivity contribution in [2.75, 3.05) is 86.9 Å². The van der Waals surface area contributed by atoms with Gasteiger partial charge in [-0.05, 0) is 58.5 Å². The normalized spacial score (nSPS) is 11.8. The van der Waals surface area contributed by atoms with Crippen LogP contribution in [0.25, 0.3) is 0 Å². The third-order valence-electron chi connectivity index (χ3n) is 5.27. The minimum absolute atomic E-state index is 0.137. The Bertz CT molecular complexity index is 686. The molecule has 11 heteroatoms. The molecule has 1 aromatic heterocycles. The number of sulfone groups is 1. The van der Waals surface area contributed by atoms with Crippen LogP contribution in [0.4, 0.5) is 17.8 Å². The molecule has 0 saturated heterocycles. The van der Waals surface area contributed by atoms with Crippen molar-refractivity contribution in [1.82, 2.24) is 24.8 Å². The van der Waals surface area contributed by atoms with Crippen molar-refractivity contribution < 1.29 is 8.42 Å². The lowest BCUT2D eigenvalue weighted by molar-refractivity contribution is 0.303. The van der Waals surface area contributed by atoms with Crippen LogP contribution in [0.2, 0.25) is 0 Å². The zero-order valence-corrected chi connectivity index (χ0v) is 21.5. The van der Waals surface area contributed by atoms with Crippen LogP contribution in [0.5, 0.6) is 0 Å². The Kier molecular flexibility index (Phi) is 14.1. The van der Waals surface area contributed by atoms with Gasteiger partial charge in [-0.25, -0.2) is 8.42 Å². The molecule has 0 aliphatic heterocycles. The Balaban J connectivity index is 2.66. The molecule has 0 amide bonds. The lowest BCUT2D eigenvalue weighted by Gasteiger charge is -2.18. The molecule has 0 bridgehead atoms. The summed E-state index contributed by atoms with van der Waals surface area (Å²) >= 11 is 0. The summed E-state index contributed by atoms with van der Waals surface area (Å²) in [5.41, 5.74) is 0. The molecular weight excluding hydrogens is 428 g/mol. The van der Waals surface area contributed by atoms with E-state index >= 15 is 0 Å². The summed E-state index contributed by atoms with van der Waals surface area (Å²) in [5.74, 6) is 1.64. The smallest absolute Gasteiger partial charge is 0.229 e. The van der Waals surface area contributed by atoms with Gasteiger partial charge < -0.3 is 25.8 Å². The molecule has 1 rings (SSSR count). The van der Waals surface area contributed by atoms with E-state index in [1.54, 1.807) is 0 Å². The highest BCUT2D eigenvalue weighted by Gasteiger charge is 2.08. The van der Waals surface area contributed by atoms with E-state index < -0.39 is 9.84 Å². The van der Waals surface area contributed by atoms with Crippen LogP contribution in [0.1, 0.15) is 47.0 Å². The highest BCUT2D eigenvalue weighted by atomic mass is 32.2. The van der Waals surface area contributed by atoms with Crippen molar-refractivity contribution in [2.45, 2.75) is 47.0 Å². The van der Waals surface area contributed by atoms with Crippen molar-refractivity contribution in [3.63, 3.8) is 0 Å². The van der Waals surface area contributed by atoms with Gasteiger partial charge in [-0.1, -0.05) is 27.7 Å². The number of hydrogen-bond donors (Lipinski definition) is 3. The molecular formula is C21H44N8O2S. The van der Waals surface area contributed by atoms with Gasteiger partial charge in [0, 0.05) is 25.9 Å². The third-order valence-corrected chi connectivity index (χ3v) is 6.30. The molecule has 0 spiro atoms. The SMILES string of the molecule is CCN(CC)CCCNc1nc(NCCCN(CC)CC)nc(NCCCS(C)(=O)=O)n1. The van der Waals surface area contributed by atoms with Gasteiger partial charge in [0.15, 0.2) is 0 Å². The molecule has 0 saturated carbocycles. The van der Waals surface area contributed by atoms with Gasteiger partial charge >= 0.3 is 0 Å². The second kappa shape index (κ2) is 16.0. The fourth-order valence-electron chi connectivity index (χ4n) is 3.23.